The molecule has 2 rings (SSSR count). The Balaban J connectivity index is 1.79. The van der Waals surface area contributed by atoms with Gasteiger partial charge in [-0.25, -0.2) is 0 Å². The van der Waals surface area contributed by atoms with Crippen LogP contribution < -0.4 is 5.32 Å². The second-order valence-electron chi connectivity index (χ2n) is 4.69. The first-order valence-electron chi connectivity index (χ1n) is 6.07. The van der Waals surface area contributed by atoms with E-state index in [-0.39, 0.29) is 6.10 Å². The van der Waals surface area contributed by atoms with Crippen LogP contribution in [0, 0.1) is 6.92 Å². The summed E-state index contributed by atoms with van der Waals surface area (Å²) >= 11 is 0. The lowest BCUT2D eigenvalue weighted by atomic mass is 9.93. The average molecular weight is 220 g/mol. The maximum Gasteiger partial charge on any atom is 0.0541 e. The maximum atomic E-state index is 9.41. The van der Waals surface area contributed by atoms with Gasteiger partial charge in [0.05, 0.1) is 6.10 Å². The predicted molar refractivity (Wildman–Crippen MR) is 64.1 cm³/mol. The van der Waals surface area contributed by atoms with Gasteiger partial charge in [-0.15, -0.1) is 0 Å². The average Bonchev–Trinajstić information content (AvgIpc) is 2.28. The van der Waals surface area contributed by atoms with Crippen molar-refractivity contribution in [3.8, 4) is 0 Å². The first-order chi connectivity index (χ1) is 7.74. The molecule has 0 aromatic carbocycles. The van der Waals surface area contributed by atoms with Crippen LogP contribution in [-0.2, 0) is 6.54 Å². The monoisotopic (exact) mass is 220 g/mol. The number of aliphatic hydroxyl groups is 1. The summed E-state index contributed by atoms with van der Waals surface area (Å²) in [7, 11) is 0. The summed E-state index contributed by atoms with van der Waals surface area (Å²) in [5, 5.41) is 13.0. The van der Waals surface area contributed by atoms with Gasteiger partial charge in [0.25, 0.3) is 0 Å². The number of rotatable bonds is 3. The van der Waals surface area contributed by atoms with E-state index in [2.05, 4.69) is 22.4 Å². The molecule has 0 bridgehead atoms. The molecule has 0 amide bonds. The van der Waals surface area contributed by atoms with Gasteiger partial charge in [-0.05, 0) is 50.3 Å². The largest absolute Gasteiger partial charge is 0.393 e. The quantitative estimate of drug-likeness (QED) is 0.816. The van der Waals surface area contributed by atoms with Crippen molar-refractivity contribution < 1.29 is 5.11 Å². The molecular weight excluding hydrogens is 200 g/mol. The first kappa shape index (κ1) is 11.6. The number of aliphatic hydroxyl groups excluding tert-OH is 1. The van der Waals surface area contributed by atoms with Crippen LogP contribution in [-0.4, -0.2) is 22.2 Å². The van der Waals surface area contributed by atoms with Gasteiger partial charge in [0.1, 0.15) is 0 Å². The smallest absolute Gasteiger partial charge is 0.0541 e. The number of aromatic nitrogens is 1. The Kier molecular flexibility index (Phi) is 3.91. The second kappa shape index (κ2) is 5.41. The molecule has 1 aromatic rings. The van der Waals surface area contributed by atoms with Crippen LogP contribution in [0.1, 0.15) is 36.9 Å². The molecular formula is C13H20N2O. The third-order valence-electron chi connectivity index (χ3n) is 3.25. The van der Waals surface area contributed by atoms with Crippen molar-refractivity contribution in [2.24, 2.45) is 0 Å². The zero-order valence-corrected chi connectivity index (χ0v) is 9.82. The van der Waals surface area contributed by atoms with Crippen molar-refractivity contribution in [3.63, 3.8) is 0 Å². The van der Waals surface area contributed by atoms with Crippen molar-refractivity contribution in [2.75, 3.05) is 0 Å². The molecule has 1 aliphatic carbocycles. The van der Waals surface area contributed by atoms with Crippen molar-refractivity contribution >= 4 is 0 Å². The van der Waals surface area contributed by atoms with Crippen LogP contribution in [0.2, 0.25) is 0 Å². The molecule has 1 saturated carbocycles. The fourth-order valence-electron chi connectivity index (χ4n) is 2.26. The normalized spacial score (nSPS) is 25.6. The summed E-state index contributed by atoms with van der Waals surface area (Å²) < 4.78 is 0. The van der Waals surface area contributed by atoms with Gasteiger partial charge in [0.15, 0.2) is 0 Å². The molecule has 0 aliphatic heterocycles. The van der Waals surface area contributed by atoms with E-state index in [1.54, 1.807) is 0 Å². The van der Waals surface area contributed by atoms with Crippen LogP contribution in [0.5, 0.6) is 0 Å². The Morgan fingerprint density at radius 2 is 2.12 bits per heavy atom. The zero-order valence-electron chi connectivity index (χ0n) is 9.82. The zero-order chi connectivity index (χ0) is 11.4. The molecule has 1 aromatic heterocycles. The highest BCUT2D eigenvalue weighted by molar-refractivity contribution is 5.15. The number of aryl methyl sites for hydroxylation is 1. The number of nitrogens with zero attached hydrogens (tertiary/aromatic N) is 1. The van der Waals surface area contributed by atoms with Gasteiger partial charge in [0.2, 0.25) is 0 Å². The lowest BCUT2D eigenvalue weighted by Gasteiger charge is -2.26. The van der Waals surface area contributed by atoms with E-state index < -0.39 is 0 Å². The Bertz CT molecular complexity index is 332. The van der Waals surface area contributed by atoms with Gasteiger partial charge in [-0.1, -0.05) is 0 Å². The Morgan fingerprint density at radius 1 is 1.38 bits per heavy atom. The molecule has 16 heavy (non-hydrogen) atoms. The molecule has 2 N–H and O–H groups in total. The topological polar surface area (TPSA) is 45.1 Å². The van der Waals surface area contributed by atoms with Crippen molar-refractivity contribution in [3.05, 3.63) is 29.6 Å². The highest BCUT2D eigenvalue weighted by Gasteiger charge is 2.18. The molecule has 1 aliphatic rings. The summed E-state index contributed by atoms with van der Waals surface area (Å²) in [5.41, 5.74) is 2.36. The standard InChI is InChI=1S/C13H20N2O/c1-10-8-11(6-7-14-10)9-15-12-2-4-13(16)5-3-12/h6-8,12-13,15-16H,2-5,9H2,1H3. The van der Waals surface area contributed by atoms with E-state index in [4.69, 9.17) is 0 Å². The summed E-state index contributed by atoms with van der Waals surface area (Å²) in [6.45, 7) is 2.92. The number of nitrogens with one attached hydrogen (secondary N) is 1. The molecule has 0 saturated heterocycles. The fourth-order valence-corrected chi connectivity index (χ4v) is 2.26. The molecule has 1 fully saturated rings. The van der Waals surface area contributed by atoms with E-state index in [9.17, 15) is 5.11 Å². The summed E-state index contributed by atoms with van der Waals surface area (Å²) in [6.07, 6.45) is 5.84. The predicted octanol–water partition coefficient (Wildman–Crippen LogP) is 1.78. The van der Waals surface area contributed by atoms with E-state index >= 15 is 0 Å². The Morgan fingerprint density at radius 3 is 2.81 bits per heavy atom. The summed E-state index contributed by atoms with van der Waals surface area (Å²) in [4.78, 5) is 4.18. The highest BCUT2D eigenvalue weighted by atomic mass is 16.3. The first-order valence-corrected chi connectivity index (χ1v) is 6.07. The van der Waals surface area contributed by atoms with E-state index in [0.717, 1.165) is 37.9 Å². The minimum Gasteiger partial charge on any atom is -0.393 e. The molecule has 0 spiro atoms. The van der Waals surface area contributed by atoms with Crippen LogP contribution in [0.15, 0.2) is 18.3 Å². The lowest BCUT2D eigenvalue weighted by molar-refractivity contribution is 0.116. The molecule has 0 radical (unpaired) electrons. The van der Waals surface area contributed by atoms with E-state index in [0.29, 0.717) is 6.04 Å². The summed E-state index contributed by atoms with van der Waals surface area (Å²) in [6, 6.07) is 4.74. The van der Waals surface area contributed by atoms with Gasteiger partial charge in [-0.2, -0.15) is 0 Å². The molecule has 3 heteroatoms. The molecule has 1 heterocycles. The number of pyridine rings is 1. The minimum atomic E-state index is -0.0683. The van der Waals surface area contributed by atoms with Gasteiger partial charge in [-0.3, -0.25) is 4.98 Å². The third kappa shape index (κ3) is 3.29. The molecule has 88 valence electrons. The van der Waals surface area contributed by atoms with Crippen LogP contribution in [0.25, 0.3) is 0 Å². The van der Waals surface area contributed by atoms with Crippen molar-refractivity contribution in [1.29, 1.82) is 0 Å². The highest BCUT2D eigenvalue weighted by Crippen LogP contribution is 2.18. The van der Waals surface area contributed by atoms with Crippen molar-refractivity contribution in [2.45, 2.75) is 51.3 Å². The Hall–Kier alpha value is -0.930. The van der Waals surface area contributed by atoms with Gasteiger partial charge < -0.3 is 10.4 Å². The SMILES string of the molecule is Cc1cc(CNC2CCC(O)CC2)ccn1. The lowest BCUT2D eigenvalue weighted by Crippen LogP contribution is -2.34. The Labute approximate surface area is 96.9 Å². The molecule has 0 unspecified atom stereocenters. The molecule has 0 atom stereocenters. The minimum absolute atomic E-state index is 0.0683. The van der Waals surface area contributed by atoms with Crippen LogP contribution >= 0.6 is 0 Å². The number of hydrogen-bond acceptors (Lipinski definition) is 3. The van der Waals surface area contributed by atoms with Gasteiger partial charge >= 0.3 is 0 Å². The fraction of sp³-hybridized carbons (Fsp3) is 0.615. The van der Waals surface area contributed by atoms with Crippen molar-refractivity contribution in [1.82, 2.24) is 10.3 Å². The molecule has 3 nitrogen and oxygen atoms in total. The third-order valence-corrected chi connectivity index (χ3v) is 3.25. The van der Waals surface area contributed by atoms with Crippen LogP contribution in [0.3, 0.4) is 0 Å². The summed E-state index contributed by atoms with van der Waals surface area (Å²) in [5.74, 6) is 0. The van der Waals surface area contributed by atoms with E-state index in [1.165, 1.54) is 5.56 Å². The second-order valence-corrected chi connectivity index (χ2v) is 4.69. The van der Waals surface area contributed by atoms with E-state index in [1.807, 2.05) is 13.1 Å². The maximum absolute atomic E-state index is 9.41. The van der Waals surface area contributed by atoms with Gasteiger partial charge in [0, 0.05) is 24.5 Å². The van der Waals surface area contributed by atoms with Crippen LogP contribution in [0.4, 0.5) is 0 Å². The number of hydrogen-bond donors (Lipinski definition) is 2.